The summed E-state index contributed by atoms with van der Waals surface area (Å²) in [5, 5.41) is 5.72. The number of para-hydroxylation sites is 2. The van der Waals surface area contributed by atoms with E-state index in [-0.39, 0.29) is 36.7 Å². The molecule has 2 N–H and O–H groups in total. The van der Waals surface area contributed by atoms with Gasteiger partial charge in [0.2, 0.25) is 17.7 Å². The molecule has 0 aromatic heterocycles. The van der Waals surface area contributed by atoms with Crippen LogP contribution in [0.25, 0.3) is 0 Å². The Kier molecular flexibility index (Phi) is 6.89. The van der Waals surface area contributed by atoms with Gasteiger partial charge in [-0.05, 0) is 51.2 Å². The normalized spacial score (nSPS) is 17.0. The summed E-state index contributed by atoms with van der Waals surface area (Å²) < 4.78 is 0.869. The van der Waals surface area contributed by atoms with E-state index in [1.54, 1.807) is 35.9 Å². The molecule has 0 fully saturated rings. The predicted octanol–water partition coefficient (Wildman–Crippen LogP) is 3.47. The summed E-state index contributed by atoms with van der Waals surface area (Å²) in [6.07, 6.45) is 0.211. The molecule has 2 aromatic rings. The maximum atomic E-state index is 13.2. The topological polar surface area (TPSA) is 81.8 Å². The number of hydrogen-bond acceptors (Lipinski definition) is 4. The van der Waals surface area contributed by atoms with Crippen molar-refractivity contribution in [2.24, 2.45) is 0 Å². The lowest BCUT2D eigenvalue weighted by Crippen LogP contribution is -2.48. The molecule has 8 heteroatoms. The Morgan fingerprint density at radius 2 is 2.00 bits per heavy atom. The second kappa shape index (κ2) is 9.40. The zero-order valence-electron chi connectivity index (χ0n) is 17.2. The van der Waals surface area contributed by atoms with Crippen molar-refractivity contribution in [2.75, 3.05) is 29.1 Å². The third-order valence-corrected chi connectivity index (χ3v) is 5.64. The van der Waals surface area contributed by atoms with Crippen molar-refractivity contribution >= 4 is 50.7 Å². The van der Waals surface area contributed by atoms with Crippen molar-refractivity contribution in [2.45, 2.75) is 32.4 Å². The zero-order chi connectivity index (χ0) is 21.8. The molecular weight excluding hydrogens is 448 g/mol. The summed E-state index contributed by atoms with van der Waals surface area (Å²) in [4.78, 5) is 41.3. The van der Waals surface area contributed by atoms with E-state index >= 15 is 0 Å². The summed E-state index contributed by atoms with van der Waals surface area (Å²) in [6.45, 7) is 3.65. The van der Waals surface area contributed by atoms with Gasteiger partial charge in [0, 0.05) is 22.6 Å². The minimum absolute atomic E-state index is 0.0416. The van der Waals surface area contributed by atoms with E-state index in [1.165, 1.54) is 0 Å². The number of rotatable bonds is 5. The van der Waals surface area contributed by atoms with E-state index in [2.05, 4.69) is 26.6 Å². The molecule has 0 unspecified atom stereocenters. The Hall–Kier alpha value is -2.71. The molecule has 0 radical (unpaired) electrons. The number of hydrogen-bond donors (Lipinski definition) is 2. The van der Waals surface area contributed by atoms with Gasteiger partial charge in [-0.3, -0.25) is 19.3 Å². The van der Waals surface area contributed by atoms with Crippen LogP contribution in [0.2, 0.25) is 0 Å². The van der Waals surface area contributed by atoms with Crippen molar-refractivity contribution in [3.63, 3.8) is 0 Å². The first kappa shape index (κ1) is 22.0. The van der Waals surface area contributed by atoms with E-state index < -0.39 is 6.04 Å². The minimum atomic E-state index is -0.523. The van der Waals surface area contributed by atoms with E-state index in [1.807, 2.05) is 43.3 Å². The summed E-state index contributed by atoms with van der Waals surface area (Å²) in [5.41, 5.74) is 1.96. The van der Waals surface area contributed by atoms with Gasteiger partial charge in [0.25, 0.3) is 0 Å². The van der Waals surface area contributed by atoms with Crippen LogP contribution in [0.1, 0.15) is 20.3 Å². The van der Waals surface area contributed by atoms with Gasteiger partial charge in [0.1, 0.15) is 0 Å². The lowest BCUT2D eigenvalue weighted by molar-refractivity contribution is -0.123. The number of fused-ring (bicyclic) bond motifs is 1. The molecule has 1 aliphatic heterocycles. The highest BCUT2D eigenvalue weighted by Crippen LogP contribution is 2.31. The van der Waals surface area contributed by atoms with Gasteiger partial charge in [-0.25, -0.2) is 0 Å². The van der Waals surface area contributed by atoms with Crippen LogP contribution in [0.4, 0.5) is 17.1 Å². The lowest BCUT2D eigenvalue weighted by atomic mass is 10.1. The smallest absolute Gasteiger partial charge is 0.241 e. The number of amides is 3. The van der Waals surface area contributed by atoms with Crippen molar-refractivity contribution in [3.05, 3.63) is 53.0 Å². The predicted molar refractivity (Wildman–Crippen MR) is 122 cm³/mol. The number of nitrogens with one attached hydrogen (secondary N) is 2. The van der Waals surface area contributed by atoms with Gasteiger partial charge in [-0.15, -0.1) is 0 Å². The van der Waals surface area contributed by atoms with Crippen molar-refractivity contribution in [1.29, 1.82) is 0 Å². The van der Waals surface area contributed by atoms with Crippen LogP contribution in [0.3, 0.4) is 0 Å². The fourth-order valence-corrected chi connectivity index (χ4v) is 3.81. The maximum Gasteiger partial charge on any atom is 0.241 e. The lowest BCUT2D eigenvalue weighted by Gasteiger charge is -2.31. The largest absolute Gasteiger partial charge is 0.325 e. The van der Waals surface area contributed by atoms with Gasteiger partial charge in [-0.1, -0.05) is 34.1 Å². The highest BCUT2D eigenvalue weighted by atomic mass is 79.9. The summed E-state index contributed by atoms with van der Waals surface area (Å²) >= 11 is 3.38. The van der Waals surface area contributed by atoms with Gasteiger partial charge in [0.15, 0.2) is 0 Å². The Bertz CT molecular complexity index is 965. The van der Waals surface area contributed by atoms with Gasteiger partial charge in [0.05, 0.1) is 24.0 Å². The number of carbonyl (C=O) groups is 3. The third-order valence-electron chi connectivity index (χ3n) is 5.15. The molecule has 3 rings (SSSR count). The van der Waals surface area contributed by atoms with E-state index in [0.717, 1.165) is 4.47 Å². The molecule has 0 spiro atoms. The second-order valence-corrected chi connectivity index (χ2v) is 8.39. The average Bonchev–Trinajstić information content (AvgIpc) is 2.81. The van der Waals surface area contributed by atoms with Crippen molar-refractivity contribution in [3.8, 4) is 0 Å². The monoisotopic (exact) mass is 472 g/mol. The Morgan fingerprint density at radius 1 is 1.27 bits per heavy atom. The standard InChI is InChI=1S/C22H25BrN4O3/c1-14-11-20(28)25-18-9-4-5-10-19(18)27(14)21(29)13-26(3)15(2)22(30)24-17-8-6-7-16(23)12-17/h4-10,12,14-15H,11,13H2,1-3H3,(H,24,30)(H,25,28)/t14-,15+/m0/s1. The molecule has 0 aliphatic carbocycles. The first-order chi connectivity index (χ1) is 14.3. The molecule has 1 aliphatic rings. The van der Waals surface area contributed by atoms with Crippen LogP contribution in [-0.4, -0.2) is 48.3 Å². The van der Waals surface area contributed by atoms with Crippen LogP contribution in [0.15, 0.2) is 53.0 Å². The zero-order valence-corrected chi connectivity index (χ0v) is 18.8. The van der Waals surface area contributed by atoms with Gasteiger partial charge in [-0.2, -0.15) is 0 Å². The molecule has 158 valence electrons. The average molecular weight is 473 g/mol. The van der Waals surface area contributed by atoms with E-state index in [0.29, 0.717) is 17.1 Å². The molecule has 2 aromatic carbocycles. The fourth-order valence-electron chi connectivity index (χ4n) is 3.41. The van der Waals surface area contributed by atoms with Crippen molar-refractivity contribution < 1.29 is 14.4 Å². The van der Waals surface area contributed by atoms with Gasteiger partial charge < -0.3 is 15.5 Å². The van der Waals surface area contributed by atoms with Crippen LogP contribution >= 0.6 is 15.9 Å². The highest BCUT2D eigenvalue weighted by molar-refractivity contribution is 9.10. The molecule has 1 heterocycles. The van der Waals surface area contributed by atoms with Gasteiger partial charge >= 0.3 is 0 Å². The number of carbonyl (C=O) groups excluding carboxylic acids is 3. The summed E-state index contributed by atoms with van der Waals surface area (Å²) in [6, 6.07) is 13.8. The number of benzene rings is 2. The molecule has 0 saturated heterocycles. The molecule has 7 nitrogen and oxygen atoms in total. The Morgan fingerprint density at radius 3 is 2.73 bits per heavy atom. The Balaban J connectivity index is 1.71. The molecule has 3 amide bonds. The maximum absolute atomic E-state index is 13.2. The SMILES string of the molecule is C[C@H](C(=O)Nc1cccc(Br)c1)N(C)CC(=O)N1c2ccccc2NC(=O)C[C@@H]1C. The minimum Gasteiger partial charge on any atom is -0.325 e. The number of likely N-dealkylation sites (N-methyl/N-ethyl adjacent to an activating group) is 1. The Labute approximate surface area is 184 Å². The van der Waals surface area contributed by atoms with Crippen LogP contribution in [0.5, 0.6) is 0 Å². The molecule has 0 saturated carbocycles. The third kappa shape index (κ3) is 5.06. The quantitative estimate of drug-likeness (QED) is 0.697. The first-order valence-corrected chi connectivity index (χ1v) is 10.5. The molecular formula is C22H25BrN4O3. The summed E-state index contributed by atoms with van der Waals surface area (Å²) in [7, 11) is 1.74. The fraction of sp³-hybridized carbons (Fsp3) is 0.318. The molecule has 0 bridgehead atoms. The van der Waals surface area contributed by atoms with E-state index in [4.69, 9.17) is 0 Å². The summed E-state index contributed by atoms with van der Waals surface area (Å²) in [5.74, 6) is -0.499. The van der Waals surface area contributed by atoms with Crippen LogP contribution < -0.4 is 15.5 Å². The van der Waals surface area contributed by atoms with E-state index in [9.17, 15) is 14.4 Å². The number of nitrogens with zero attached hydrogens (tertiary/aromatic N) is 2. The highest BCUT2D eigenvalue weighted by Gasteiger charge is 2.31. The first-order valence-electron chi connectivity index (χ1n) is 9.74. The second-order valence-electron chi connectivity index (χ2n) is 7.47. The van der Waals surface area contributed by atoms with Crippen LogP contribution in [-0.2, 0) is 14.4 Å². The van der Waals surface area contributed by atoms with Crippen LogP contribution in [0, 0.1) is 0 Å². The van der Waals surface area contributed by atoms with Crippen molar-refractivity contribution in [1.82, 2.24) is 4.90 Å². The number of anilines is 3. The molecule has 2 atom stereocenters. The number of halogens is 1. The molecule has 30 heavy (non-hydrogen) atoms.